The van der Waals surface area contributed by atoms with E-state index in [0.717, 1.165) is 21.6 Å². The summed E-state index contributed by atoms with van der Waals surface area (Å²) in [5.41, 5.74) is 2.83. The molecule has 0 saturated carbocycles. The van der Waals surface area contributed by atoms with Crippen LogP contribution in [0.5, 0.6) is 0 Å². The Morgan fingerprint density at radius 3 is 2.32 bits per heavy atom. The van der Waals surface area contributed by atoms with Gasteiger partial charge in [0, 0.05) is 0 Å². The Hall–Kier alpha value is -2.95. The fourth-order valence-corrected chi connectivity index (χ4v) is 2.46. The van der Waals surface area contributed by atoms with Gasteiger partial charge in [0.05, 0.1) is 6.54 Å². The van der Waals surface area contributed by atoms with E-state index in [1.165, 1.54) is 0 Å². The lowest BCUT2D eigenvalue weighted by Gasteiger charge is -2.25. The second-order valence-electron chi connectivity index (χ2n) is 5.03. The average Bonchev–Trinajstić information content (AvgIpc) is 2.52. The molecule has 0 atom stereocenters. The Morgan fingerprint density at radius 1 is 0.909 bits per heavy atom. The maximum absolute atomic E-state index is 11.9. The number of imide groups is 2. The Bertz CT molecular complexity index is 721. The first-order valence-corrected chi connectivity index (χ1v) is 6.92. The molecule has 4 amide bonds. The first-order valence-electron chi connectivity index (χ1n) is 6.92. The molecule has 2 aromatic carbocycles. The van der Waals surface area contributed by atoms with Crippen molar-refractivity contribution in [3.63, 3.8) is 0 Å². The lowest BCUT2D eigenvalue weighted by Crippen LogP contribution is -2.52. The van der Waals surface area contributed by atoms with Crippen LogP contribution in [0.2, 0.25) is 0 Å². The number of hydrogen-bond acceptors (Lipinski definition) is 3. The summed E-state index contributed by atoms with van der Waals surface area (Å²) >= 11 is 0. The van der Waals surface area contributed by atoms with E-state index in [1.807, 2.05) is 54.6 Å². The molecule has 22 heavy (non-hydrogen) atoms. The molecule has 0 spiro atoms. The number of benzene rings is 2. The standard InChI is InChI=1S/C17H14N2O3/c20-15-10-16(21)19(17(22)18-15)11-13-8-4-5-9-14(13)12-6-2-1-3-7-12/h1-9H,10-11H2,(H,18,20,22). The van der Waals surface area contributed by atoms with Crippen LogP contribution in [-0.4, -0.2) is 22.7 Å². The maximum atomic E-state index is 11.9. The van der Waals surface area contributed by atoms with Crippen LogP contribution in [-0.2, 0) is 16.1 Å². The number of carbonyl (C=O) groups is 3. The number of nitrogens with one attached hydrogen (secondary N) is 1. The summed E-state index contributed by atoms with van der Waals surface area (Å²) in [6.45, 7) is 0.142. The SMILES string of the molecule is O=C1CC(=O)N(Cc2ccccc2-c2ccccc2)C(=O)N1. The van der Waals surface area contributed by atoms with Crippen molar-refractivity contribution in [1.29, 1.82) is 0 Å². The normalized spacial score (nSPS) is 14.9. The van der Waals surface area contributed by atoms with Crippen LogP contribution in [0.3, 0.4) is 0 Å². The maximum Gasteiger partial charge on any atom is 0.331 e. The highest BCUT2D eigenvalue weighted by Crippen LogP contribution is 2.25. The molecule has 5 heteroatoms. The van der Waals surface area contributed by atoms with E-state index < -0.39 is 17.8 Å². The number of barbiturate groups is 1. The molecule has 0 aromatic heterocycles. The van der Waals surface area contributed by atoms with Crippen molar-refractivity contribution in [2.24, 2.45) is 0 Å². The van der Waals surface area contributed by atoms with Gasteiger partial charge in [-0.1, -0.05) is 54.6 Å². The van der Waals surface area contributed by atoms with Crippen molar-refractivity contribution in [3.8, 4) is 11.1 Å². The minimum Gasteiger partial charge on any atom is -0.277 e. The predicted octanol–water partition coefficient (Wildman–Crippen LogP) is 2.32. The molecule has 1 aliphatic heterocycles. The van der Waals surface area contributed by atoms with Gasteiger partial charge in [0.2, 0.25) is 11.8 Å². The van der Waals surface area contributed by atoms with Crippen molar-refractivity contribution >= 4 is 17.8 Å². The zero-order valence-corrected chi connectivity index (χ0v) is 11.8. The van der Waals surface area contributed by atoms with Crippen LogP contribution < -0.4 is 5.32 Å². The van der Waals surface area contributed by atoms with Crippen LogP contribution in [0.15, 0.2) is 54.6 Å². The summed E-state index contributed by atoms with van der Waals surface area (Å²) < 4.78 is 0. The molecule has 1 saturated heterocycles. The summed E-state index contributed by atoms with van der Waals surface area (Å²) in [5, 5.41) is 2.17. The molecule has 3 rings (SSSR count). The Kier molecular flexibility index (Phi) is 3.70. The fraction of sp³-hybridized carbons (Fsp3) is 0.118. The van der Waals surface area contributed by atoms with Gasteiger partial charge in [-0.3, -0.25) is 19.8 Å². The van der Waals surface area contributed by atoms with Crippen molar-refractivity contribution in [2.45, 2.75) is 13.0 Å². The van der Waals surface area contributed by atoms with Gasteiger partial charge in [-0.2, -0.15) is 0 Å². The molecule has 0 aliphatic carbocycles. The minimum absolute atomic E-state index is 0.142. The van der Waals surface area contributed by atoms with Gasteiger partial charge in [-0.15, -0.1) is 0 Å². The van der Waals surface area contributed by atoms with Crippen molar-refractivity contribution in [2.75, 3.05) is 0 Å². The van der Waals surface area contributed by atoms with Crippen LogP contribution >= 0.6 is 0 Å². The largest absolute Gasteiger partial charge is 0.331 e. The van der Waals surface area contributed by atoms with Crippen molar-refractivity contribution in [1.82, 2.24) is 10.2 Å². The zero-order valence-electron chi connectivity index (χ0n) is 11.8. The molecule has 0 bridgehead atoms. The van der Waals surface area contributed by atoms with E-state index in [4.69, 9.17) is 0 Å². The Labute approximate surface area is 127 Å². The second-order valence-corrected chi connectivity index (χ2v) is 5.03. The van der Waals surface area contributed by atoms with E-state index in [9.17, 15) is 14.4 Å². The number of hydrogen-bond donors (Lipinski definition) is 1. The molecule has 0 unspecified atom stereocenters. The van der Waals surface area contributed by atoms with Gasteiger partial charge in [0.25, 0.3) is 0 Å². The first kappa shape index (κ1) is 14.0. The number of nitrogens with zero attached hydrogens (tertiary/aromatic N) is 1. The fourth-order valence-electron chi connectivity index (χ4n) is 2.46. The molecule has 1 N–H and O–H groups in total. The van der Waals surface area contributed by atoms with Gasteiger partial charge in [-0.05, 0) is 16.7 Å². The van der Waals surface area contributed by atoms with E-state index in [1.54, 1.807) is 0 Å². The summed E-state index contributed by atoms with van der Waals surface area (Å²) in [4.78, 5) is 36.0. The first-order chi connectivity index (χ1) is 10.6. The summed E-state index contributed by atoms with van der Waals surface area (Å²) in [6, 6.07) is 16.7. The topological polar surface area (TPSA) is 66.5 Å². The zero-order chi connectivity index (χ0) is 15.5. The van der Waals surface area contributed by atoms with Gasteiger partial charge in [0.15, 0.2) is 0 Å². The van der Waals surface area contributed by atoms with Crippen LogP contribution in [0.25, 0.3) is 11.1 Å². The smallest absolute Gasteiger partial charge is 0.277 e. The molecular weight excluding hydrogens is 280 g/mol. The predicted molar refractivity (Wildman–Crippen MR) is 80.6 cm³/mol. The van der Waals surface area contributed by atoms with Gasteiger partial charge in [-0.25, -0.2) is 4.79 Å². The lowest BCUT2D eigenvalue weighted by atomic mass is 9.99. The Balaban J connectivity index is 1.92. The molecule has 110 valence electrons. The molecule has 1 aliphatic rings. The summed E-state index contributed by atoms with van der Waals surface area (Å²) in [6.07, 6.45) is -0.292. The van der Waals surface area contributed by atoms with Gasteiger partial charge < -0.3 is 0 Å². The van der Waals surface area contributed by atoms with E-state index in [-0.39, 0.29) is 13.0 Å². The number of amides is 4. The lowest BCUT2D eigenvalue weighted by molar-refractivity contribution is -0.136. The third-order valence-electron chi connectivity index (χ3n) is 3.53. The van der Waals surface area contributed by atoms with Crippen LogP contribution in [0, 0.1) is 0 Å². The summed E-state index contributed by atoms with van der Waals surface area (Å²) in [7, 11) is 0. The number of rotatable bonds is 3. The molecule has 0 radical (unpaired) electrons. The average molecular weight is 294 g/mol. The molecular formula is C17H14N2O3. The van der Waals surface area contributed by atoms with Gasteiger partial charge >= 0.3 is 6.03 Å². The van der Waals surface area contributed by atoms with Crippen molar-refractivity contribution < 1.29 is 14.4 Å². The van der Waals surface area contributed by atoms with Crippen molar-refractivity contribution in [3.05, 3.63) is 60.2 Å². The monoisotopic (exact) mass is 294 g/mol. The van der Waals surface area contributed by atoms with Crippen LogP contribution in [0.4, 0.5) is 4.79 Å². The highest BCUT2D eigenvalue weighted by atomic mass is 16.2. The third kappa shape index (κ3) is 2.74. The number of carbonyl (C=O) groups excluding carboxylic acids is 3. The van der Waals surface area contributed by atoms with E-state index >= 15 is 0 Å². The molecule has 1 heterocycles. The highest BCUT2D eigenvalue weighted by Gasteiger charge is 2.31. The quantitative estimate of drug-likeness (QED) is 0.883. The second kappa shape index (κ2) is 5.81. The summed E-state index contributed by atoms with van der Waals surface area (Å²) in [5.74, 6) is -1.03. The minimum atomic E-state index is -0.663. The molecule has 1 fully saturated rings. The van der Waals surface area contributed by atoms with Crippen LogP contribution in [0.1, 0.15) is 12.0 Å². The Morgan fingerprint density at radius 2 is 1.59 bits per heavy atom. The molecule has 5 nitrogen and oxygen atoms in total. The molecule has 2 aromatic rings. The number of urea groups is 1. The van der Waals surface area contributed by atoms with E-state index in [2.05, 4.69) is 5.32 Å². The van der Waals surface area contributed by atoms with Gasteiger partial charge in [0.1, 0.15) is 6.42 Å². The third-order valence-corrected chi connectivity index (χ3v) is 3.53. The van der Waals surface area contributed by atoms with E-state index in [0.29, 0.717) is 0 Å². The highest BCUT2D eigenvalue weighted by molar-refractivity contribution is 6.14.